The van der Waals surface area contributed by atoms with Crippen molar-refractivity contribution in [3.63, 3.8) is 0 Å². The predicted octanol–water partition coefficient (Wildman–Crippen LogP) is 3.20. The normalized spacial score (nSPS) is 10.3. The van der Waals surface area contributed by atoms with E-state index in [-0.39, 0.29) is 0 Å². The minimum absolute atomic E-state index is 0.606. The molecule has 0 radical (unpaired) electrons. The number of ether oxygens (including phenoxy) is 2. The second-order valence-corrected chi connectivity index (χ2v) is 4.81. The second kappa shape index (κ2) is 6.31. The van der Waals surface area contributed by atoms with Crippen molar-refractivity contribution >= 4 is 28.7 Å². The number of anilines is 2. The molecule has 0 bridgehead atoms. The molecule has 6 heteroatoms. The van der Waals surface area contributed by atoms with E-state index in [1.165, 1.54) is 6.33 Å². The summed E-state index contributed by atoms with van der Waals surface area (Å²) in [4.78, 5) is 19.3. The zero-order valence-corrected chi connectivity index (χ0v) is 12.7. The van der Waals surface area contributed by atoms with Gasteiger partial charge in [-0.3, -0.25) is 4.79 Å². The van der Waals surface area contributed by atoms with E-state index in [1.54, 1.807) is 32.4 Å². The largest absolute Gasteiger partial charge is 0.493 e. The van der Waals surface area contributed by atoms with E-state index in [0.717, 1.165) is 22.9 Å². The number of nitrogens with one attached hydrogen (secondary N) is 1. The summed E-state index contributed by atoms with van der Waals surface area (Å²) in [5, 5.41) is 4.03. The van der Waals surface area contributed by atoms with Crippen LogP contribution < -0.4 is 14.8 Å². The van der Waals surface area contributed by atoms with Gasteiger partial charge in [0.15, 0.2) is 11.5 Å². The van der Waals surface area contributed by atoms with Crippen LogP contribution in [0.15, 0.2) is 42.7 Å². The molecule has 0 saturated carbocycles. The lowest BCUT2D eigenvalue weighted by Crippen LogP contribution is -1.98. The van der Waals surface area contributed by atoms with Gasteiger partial charge >= 0.3 is 0 Å². The highest BCUT2D eigenvalue weighted by atomic mass is 16.5. The Labute approximate surface area is 133 Å². The topological polar surface area (TPSA) is 73.3 Å². The molecule has 23 heavy (non-hydrogen) atoms. The fraction of sp³-hybridized carbons (Fsp3) is 0.118. The zero-order valence-electron chi connectivity index (χ0n) is 12.7. The maximum absolute atomic E-state index is 10.7. The van der Waals surface area contributed by atoms with Crippen LogP contribution in [0.3, 0.4) is 0 Å². The molecule has 3 aromatic rings. The Morgan fingerprint density at radius 2 is 1.70 bits per heavy atom. The van der Waals surface area contributed by atoms with Crippen molar-refractivity contribution in [2.75, 3.05) is 19.5 Å². The molecule has 1 heterocycles. The number of aromatic nitrogens is 2. The fourth-order valence-electron chi connectivity index (χ4n) is 2.26. The summed E-state index contributed by atoms with van der Waals surface area (Å²) in [6.45, 7) is 0. The molecule has 0 aliphatic carbocycles. The maximum Gasteiger partial charge on any atom is 0.162 e. The molecular weight excluding hydrogens is 294 g/mol. The van der Waals surface area contributed by atoms with Crippen LogP contribution in [0.1, 0.15) is 10.4 Å². The Hall–Kier alpha value is -3.15. The number of carbonyl (C=O) groups is 1. The second-order valence-electron chi connectivity index (χ2n) is 4.81. The average molecular weight is 309 g/mol. The van der Waals surface area contributed by atoms with E-state index in [4.69, 9.17) is 9.47 Å². The van der Waals surface area contributed by atoms with Crippen LogP contribution in [-0.4, -0.2) is 30.5 Å². The predicted molar refractivity (Wildman–Crippen MR) is 87.8 cm³/mol. The Kier molecular flexibility index (Phi) is 4.05. The first-order chi connectivity index (χ1) is 11.2. The van der Waals surface area contributed by atoms with Gasteiger partial charge in [-0.05, 0) is 30.3 Å². The van der Waals surface area contributed by atoms with Gasteiger partial charge in [-0.2, -0.15) is 0 Å². The summed E-state index contributed by atoms with van der Waals surface area (Å²) in [6.07, 6.45) is 2.29. The van der Waals surface area contributed by atoms with E-state index < -0.39 is 0 Å². The van der Waals surface area contributed by atoms with Gasteiger partial charge in [0.2, 0.25) is 0 Å². The molecule has 0 saturated heterocycles. The van der Waals surface area contributed by atoms with Crippen molar-refractivity contribution in [3.05, 3.63) is 48.3 Å². The first kappa shape index (κ1) is 14.8. The highest BCUT2D eigenvalue weighted by Gasteiger charge is 2.11. The minimum Gasteiger partial charge on any atom is -0.493 e. The monoisotopic (exact) mass is 309 g/mol. The summed E-state index contributed by atoms with van der Waals surface area (Å²) in [5.74, 6) is 1.86. The summed E-state index contributed by atoms with van der Waals surface area (Å²) < 4.78 is 10.6. The van der Waals surface area contributed by atoms with Crippen molar-refractivity contribution < 1.29 is 14.3 Å². The number of hydrogen-bond acceptors (Lipinski definition) is 6. The van der Waals surface area contributed by atoms with Crippen molar-refractivity contribution in [2.24, 2.45) is 0 Å². The van der Waals surface area contributed by atoms with Crippen LogP contribution in [0.2, 0.25) is 0 Å². The van der Waals surface area contributed by atoms with Crippen molar-refractivity contribution in [1.82, 2.24) is 9.97 Å². The van der Waals surface area contributed by atoms with Crippen LogP contribution in [0.5, 0.6) is 11.5 Å². The Morgan fingerprint density at radius 3 is 2.35 bits per heavy atom. The molecule has 116 valence electrons. The molecule has 0 atom stereocenters. The molecule has 1 aromatic heterocycles. The molecule has 0 aliphatic heterocycles. The van der Waals surface area contributed by atoms with E-state index >= 15 is 0 Å². The molecule has 6 nitrogen and oxygen atoms in total. The van der Waals surface area contributed by atoms with Gasteiger partial charge in [-0.25, -0.2) is 9.97 Å². The van der Waals surface area contributed by atoms with E-state index in [2.05, 4.69) is 15.3 Å². The lowest BCUT2D eigenvalue weighted by Gasteiger charge is -2.12. The van der Waals surface area contributed by atoms with Gasteiger partial charge in [-0.15, -0.1) is 0 Å². The van der Waals surface area contributed by atoms with Crippen LogP contribution >= 0.6 is 0 Å². The standard InChI is InChI=1S/C17H15N3O3/c1-22-15-7-13-14(8-16(15)23-2)18-10-19-17(13)20-12-5-3-11(9-21)4-6-12/h3-10H,1-2H3,(H,18,19,20). The van der Waals surface area contributed by atoms with E-state index in [0.29, 0.717) is 22.9 Å². The van der Waals surface area contributed by atoms with Crippen LogP contribution in [0.25, 0.3) is 10.9 Å². The third kappa shape index (κ3) is 2.91. The lowest BCUT2D eigenvalue weighted by molar-refractivity contribution is 0.112. The van der Waals surface area contributed by atoms with E-state index in [1.807, 2.05) is 18.2 Å². The average Bonchev–Trinajstić information content (AvgIpc) is 2.61. The Morgan fingerprint density at radius 1 is 1.00 bits per heavy atom. The minimum atomic E-state index is 0.606. The smallest absolute Gasteiger partial charge is 0.162 e. The molecule has 3 rings (SSSR count). The number of methoxy groups -OCH3 is 2. The Balaban J connectivity index is 2.04. The number of nitrogens with zero attached hydrogens (tertiary/aromatic N) is 2. The van der Waals surface area contributed by atoms with Crippen molar-refractivity contribution in [2.45, 2.75) is 0 Å². The maximum atomic E-state index is 10.7. The zero-order chi connectivity index (χ0) is 16.2. The number of aldehydes is 1. The molecule has 0 aliphatic rings. The van der Waals surface area contributed by atoms with Gasteiger partial charge in [0.05, 0.1) is 19.7 Å². The summed E-state index contributed by atoms with van der Waals surface area (Å²) >= 11 is 0. The van der Waals surface area contributed by atoms with Gasteiger partial charge in [0.1, 0.15) is 18.4 Å². The number of benzene rings is 2. The first-order valence-corrected chi connectivity index (χ1v) is 6.94. The quantitative estimate of drug-likeness (QED) is 0.730. The van der Waals surface area contributed by atoms with Gasteiger partial charge in [0, 0.05) is 22.7 Å². The molecule has 0 unspecified atom stereocenters. The molecular formula is C17H15N3O3. The molecule has 0 amide bonds. The van der Waals surface area contributed by atoms with E-state index in [9.17, 15) is 4.79 Å². The third-order valence-electron chi connectivity index (χ3n) is 3.45. The van der Waals surface area contributed by atoms with Crippen LogP contribution in [0, 0.1) is 0 Å². The number of rotatable bonds is 5. The number of carbonyl (C=O) groups excluding carboxylic acids is 1. The molecule has 1 N–H and O–H groups in total. The van der Waals surface area contributed by atoms with Crippen molar-refractivity contribution in [1.29, 1.82) is 0 Å². The van der Waals surface area contributed by atoms with Crippen LogP contribution in [-0.2, 0) is 0 Å². The molecule has 2 aromatic carbocycles. The van der Waals surface area contributed by atoms with Gasteiger partial charge < -0.3 is 14.8 Å². The highest BCUT2D eigenvalue weighted by molar-refractivity contribution is 5.93. The van der Waals surface area contributed by atoms with Gasteiger partial charge in [0.25, 0.3) is 0 Å². The fourth-order valence-corrected chi connectivity index (χ4v) is 2.26. The number of fused-ring (bicyclic) bond motifs is 1. The molecule has 0 spiro atoms. The molecule has 0 fully saturated rings. The Bertz CT molecular complexity index is 848. The van der Waals surface area contributed by atoms with Gasteiger partial charge in [-0.1, -0.05) is 0 Å². The summed E-state index contributed by atoms with van der Waals surface area (Å²) in [7, 11) is 3.16. The highest BCUT2D eigenvalue weighted by Crippen LogP contribution is 2.34. The van der Waals surface area contributed by atoms with Crippen molar-refractivity contribution in [3.8, 4) is 11.5 Å². The summed E-state index contributed by atoms with van der Waals surface area (Å²) in [5.41, 5.74) is 2.18. The lowest BCUT2D eigenvalue weighted by atomic mass is 10.2. The van der Waals surface area contributed by atoms with Crippen LogP contribution in [0.4, 0.5) is 11.5 Å². The first-order valence-electron chi connectivity index (χ1n) is 6.94. The SMILES string of the molecule is COc1cc2ncnc(Nc3ccc(C=O)cc3)c2cc1OC. The summed E-state index contributed by atoms with van der Waals surface area (Å²) in [6, 6.07) is 10.7. The number of hydrogen-bond donors (Lipinski definition) is 1. The third-order valence-corrected chi connectivity index (χ3v) is 3.45.